The Morgan fingerprint density at radius 2 is 2.09 bits per heavy atom. The lowest BCUT2D eigenvalue weighted by molar-refractivity contribution is -0.162. The fourth-order valence-electron chi connectivity index (χ4n) is 2.35. The molecule has 0 spiro atoms. The Morgan fingerprint density at radius 1 is 1.43 bits per heavy atom. The molecule has 1 saturated carbocycles. The number of benzene rings is 1. The second kappa shape index (κ2) is 7.03. The number of hydrogen-bond acceptors (Lipinski definition) is 1. The van der Waals surface area contributed by atoms with Crippen LogP contribution in [0.4, 0.5) is 17.6 Å². The normalized spacial score (nSPS) is 16.6. The highest BCUT2D eigenvalue weighted by Gasteiger charge is 2.39. The van der Waals surface area contributed by atoms with Gasteiger partial charge in [0.15, 0.2) is 0 Å². The molecule has 1 fully saturated rings. The van der Waals surface area contributed by atoms with Crippen molar-refractivity contribution in [2.24, 2.45) is 5.92 Å². The summed E-state index contributed by atoms with van der Waals surface area (Å²) in [6.07, 6.45) is -0.617. The zero-order chi connectivity index (χ0) is 17.2. The van der Waals surface area contributed by atoms with E-state index in [1.807, 2.05) is 0 Å². The standard InChI is InChI=1S/C16H16BrF4NO/c1-10(11-2-3-11)22(9-16(19,20)21)15(23)7-4-12-8-13(17)5-6-14(12)18/h4-8,10-11H,2-3,9H2,1H3. The maximum atomic E-state index is 13.6. The van der Waals surface area contributed by atoms with Crippen molar-refractivity contribution in [1.29, 1.82) is 0 Å². The van der Waals surface area contributed by atoms with Gasteiger partial charge in [0, 0.05) is 22.2 Å². The second-order valence-electron chi connectivity index (χ2n) is 5.66. The van der Waals surface area contributed by atoms with Crippen LogP contribution in [0.15, 0.2) is 28.7 Å². The number of rotatable bonds is 5. The topological polar surface area (TPSA) is 20.3 Å². The molecule has 0 aliphatic heterocycles. The number of hydrogen-bond donors (Lipinski definition) is 0. The van der Waals surface area contributed by atoms with Crippen molar-refractivity contribution in [2.45, 2.75) is 32.0 Å². The molecule has 1 aliphatic rings. The zero-order valence-corrected chi connectivity index (χ0v) is 14.0. The summed E-state index contributed by atoms with van der Waals surface area (Å²) in [5, 5.41) is 0. The van der Waals surface area contributed by atoms with Crippen molar-refractivity contribution in [3.8, 4) is 0 Å². The lowest BCUT2D eigenvalue weighted by atomic mass is 10.1. The molecule has 23 heavy (non-hydrogen) atoms. The Bertz CT molecular complexity index is 611. The quantitative estimate of drug-likeness (QED) is 0.520. The van der Waals surface area contributed by atoms with E-state index in [0.29, 0.717) is 4.47 Å². The number of alkyl halides is 3. The van der Waals surface area contributed by atoms with Crippen LogP contribution < -0.4 is 0 Å². The maximum absolute atomic E-state index is 13.6. The highest BCUT2D eigenvalue weighted by Crippen LogP contribution is 2.36. The van der Waals surface area contributed by atoms with Crippen LogP contribution in [-0.4, -0.2) is 29.6 Å². The minimum atomic E-state index is -4.46. The molecule has 0 heterocycles. The van der Waals surface area contributed by atoms with Crippen LogP contribution in [0, 0.1) is 11.7 Å². The lowest BCUT2D eigenvalue weighted by Gasteiger charge is -2.29. The molecule has 2 nitrogen and oxygen atoms in total. The molecule has 1 unspecified atom stereocenters. The smallest absolute Gasteiger partial charge is 0.327 e. The summed E-state index contributed by atoms with van der Waals surface area (Å²) in [5.74, 6) is -1.20. The van der Waals surface area contributed by atoms with Crippen molar-refractivity contribution in [1.82, 2.24) is 4.90 Å². The first-order valence-electron chi connectivity index (χ1n) is 7.18. The Kier molecular flexibility index (Phi) is 5.49. The van der Waals surface area contributed by atoms with Gasteiger partial charge < -0.3 is 4.90 Å². The average Bonchev–Trinajstić information content (AvgIpc) is 3.28. The third-order valence-electron chi connectivity index (χ3n) is 3.79. The molecule has 0 saturated heterocycles. The summed E-state index contributed by atoms with van der Waals surface area (Å²) in [4.78, 5) is 13.0. The average molecular weight is 394 g/mol. The number of amides is 1. The van der Waals surface area contributed by atoms with Gasteiger partial charge in [-0.25, -0.2) is 4.39 Å². The first kappa shape index (κ1) is 18.0. The van der Waals surface area contributed by atoms with Crippen LogP contribution in [0.3, 0.4) is 0 Å². The van der Waals surface area contributed by atoms with E-state index in [4.69, 9.17) is 0 Å². The van der Waals surface area contributed by atoms with E-state index in [-0.39, 0.29) is 11.5 Å². The Labute approximate surface area is 140 Å². The van der Waals surface area contributed by atoms with Crippen LogP contribution in [0.25, 0.3) is 6.08 Å². The van der Waals surface area contributed by atoms with Gasteiger partial charge in [0.1, 0.15) is 12.4 Å². The molecule has 1 aromatic rings. The number of nitrogens with zero attached hydrogens (tertiary/aromatic N) is 1. The molecule has 0 radical (unpaired) electrons. The monoisotopic (exact) mass is 393 g/mol. The molecule has 1 aliphatic carbocycles. The van der Waals surface area contributed by atoms with E-state index >= 15 is 0 Å². The third kappa shape index (κ3) is 5.34. The minimum Gasteiger partial charge on any atom is -0.327 e. The van der Waals surface area contributed by atoms with Crippen LogP contribution in [0.1, 0.15) is 25.3 Å². The van der Waals surface area contributed by atoms with E-state index in [1.165, 1.54) is 24.3 Å². The molecule has 7 heteroatoms. The van der Waals surface area contributed by atoms with Gasteiger partial charge in [0.25, 0.3) is 0 Å². The van der Waals surface area contributed by atoms with Gasteiger partial charge in [0.2, 0.25) is 5.91 Å². The number of carbonyl (C=O) groups excluding carboxylic acids is 1. The molecule has 1 aromatic carbocycles. The van der Waals surface area contributed by atoms with Gasteiger partial charge in [0.05, 0.1) is 0 Å². The van der Waals surface area contributed by atoms with Gasteiger partial charge in [-0.05, 0) is 50.0 Å². The Hall–Kier alpha value is -1.37. The minimum absolute atomic E-state index is 0.109. The molecule has 2 rings (SSSR count). The highest BCUT2D eigenvalue weighted by atomic mass is 79.9. The van der Waals surface area contributed by atoms with Gasteiger partial charge in [-0.1, -0.05) is 15.9 Å². The van der Waals surface area contributed by atoms with Crippen LogP contribution >= 0.6 is 15.9 Å². The van der Waals surface area contributed by atoms with Gasteiger partial charge in [-0.15, -0.1) is 0 Å². The summed E-state index contributed by atoms with van der Waals surface area (Å²) in [6.45, 7) is 0.323. The highest BCUT2D eigenvalue weighted by molar-refractivity contribution is 9.10. The van der Waals surface area contributed by atoms with Crippen molar-refractivity contribution in [3.63, 3.8) is 0 Å². The predicted molar refractivity (Wildman–Crippen MR) is 83.1 cm³/mol. The second-order valence-corrected chi connectivity index (χ2v) is 6.57. The Morgan fingerprint density at radius 3 is 2.65 bits per heavy atom. The molecule has 1 atom stereocenters. The van der Waals surface area contributed by atoms with Crippen molar-refractivity contribution in [2.75, 3.05) is 6.54 Å². The SMILES string of the molecule is CC(C1CC1)N(CC(F)(F)F)C(=O)C=Cc1cc(Br)ccc1F. The fraction of sp³-hybridized carbons (Fsp3) is 0.438. The van der Waals surface area contributed by atoms with Crippen molar-refractivity contribution < 1.29 is 22.4 Å². The summed E-state index contributed by atoms with van der Waals surface area (Å²) in [5.41, 5.74) is 0.138. The Balaban J connectivity index is 2.16. The summed E-state index contributed by atoms with van der Waals surface area (Å²) in [6, 6.07) is 3.69. The van der Waals surface area contributed by atoms with E-state index < -0.39 is 30.5 Å². The fourth-order valence-corrected chi connectivity index (χ4v) is 2.73. The molecule has 0 aromatic heterocycles. The van der Waals surface area contributed by atoms with Crippen molar-refractivity contribution >= 4 is 27.9 Å². The van der Waals surface area contributed by atoms with E-state index in [1.54, 1.807) is 6.92 Å². The van der Waals surface area contributed by atoms with Crippen LogP contribution in [-0.2, 0) is 4.79 Å². The first-order valence-corrected chi connectivity index (χ1v) is 7.97. The van der Waals surface area contributed by atoms with Crippen molar-refractivity contribution in [3.05, 3.63) is 40.1 Å². The number of halogens is 5. The summed E-state index contributed by atoms with van der Waals surface area (Å²) >= 11 is 3.18. The van der Waals surface area contributed by atoms with Crippen LogP contribution in [0.2, 0.25) is 0 Å². The molecule has 0 bridgehead atoms. The zero-order valence-electron chi connectivity index (χ0n) is 12.4. The summed E-state index contributed by atoms with van der Waals surface area (Å²) < 4.78 is 52.3. The summed E-state index contributed by atoms with van der Waals surface area (Å²) in [7, 11) is 0. The lowest BCUT2D eigenvalue weighted by Crippen LogP contribution is -2.44. The van der Waals surface area contributed by atoms with Gasteiger partial charge in [-0.3, -0.25) is 4.79 Å². The van der Waals surface area contributed by atoms with E-state index in [0.717, 1.165) is 23.8 Å². The molecule has 126 valence electrons. The molecule has 0 N–H and O–H groups in total. The molecular weight excluding hydrogens is 378 g/mol. The van der Waals surface area contributed by atoms with Crippen LogP contribution in [0.5, 0.6) is 0 Å². The maximum Gasteiger partial charge on any atom is 0.406 e. The molecular formula is C16H16BrF4NO. The number of carbonyl (C=O) groups is 1. The molecule has 1 amide bonds. The van der Waals surface area contributed by atoms with E-state index in [2.05, 4.69) is 15.9 Å². The van der Waals surface area contributed by atoms with Gasteiger partial charge >= 0.3 is 6.18 Å². The van der Waals surface area contributed by atoms with E-state index in [9.17, 15) is 22.4 Å². The van der Waals surface area contributed by atoms with Gasteiger partial charge in [-0.2, -0.15) is 13.2 Å². The first-order chi connectivity index (χ1) is 10.7. The largest absolute Gasteiger partial charge is 0.406 e. The predicted octanol–water partition coefficient (Wildman–Crippen LogP) is 4.79. The third-order valence-corrected chi connectivity index (χ3v) is 4.29.